The maximum Gasteiger partial charge on any atom is 0.231 e. The number of nitrogens with one attached hydrogen (secondary N) is 1. The molecule has 0 saturated heterocycles. The number of carbonyl (C=O) groups excluding carboxylic acids is 1. The smallest absolute Gasteiger partial charge is 0.231 e. The van der Waals surface area contributed by atoms with Crippen LogP contribution in [0.25, 0.3) is 0 Å². The fourth-order valence-corrected chi connectivity index (χ4v) is 2.71. The molecule has 1 amide bonds. The molecule has 0 aromatic heterocycles. The Morgan fingerprint density at radius 1 is 1.19 bits per heavy atom. The van der Waals surface area contributed by atoms with E-state index >= 15 is 0 Å². The first-order chi connectivity index (χ1) is 10.1. The predicted octanol–water partition coefficient (Wildman–Crippen LogP) is 4.18. The lowest BCUT2D eigenvalue weighted by molar-refractivity contribution is -0.121. The number of benzene rings is 2. The van der Waals surface area contributed by atoms with Crippen molar-refractivity contribution in [1.29, 1.82) is 0 Å². The fourth-order valence-electron chi connectivity index (χ4n) is 2.33. The summed E-state index contributed by atoms with van der Waals surface area (Å²) in [6.45, 7) is 0.352. The van der Waals surface area contributed by atoms with Crippen LogP contribution in [0.15, 0.2) is 42.5 Å². The first-order valence-corrected chi connectivity index (χ1v) is 7.35. The van der Waals surface area contributed by atoms with Crippen molar-refractivity contribution in [3.05, 3.63) is 58.1 Å². The van der Waals surface area contributed by atoms with Gasteiger partial charge in [0.15, 0.2) is 0 Å². The molecule has 1 N–H and O–H groups in total. The highest BCUT2D eigenvalue weighted by Crippen LogP contribution is 2.30. The molecule has 21 heavy (non-hydrogen) atoms. The molecule has 0 radical (unpaired) electrons. The molecule has 0 fully saturated rings. The summed E-state index contributed by atoms with van der Waals surface area (Å²) < 4.78 is 5.63. The van der Waals surface area contributed by atoms with Crippen LogP contribution in [0.5, 0.6) is 5.75 Å². The number of ether oxygens (including phenoxy) is 1. The van der Waals surface area contributed by atoms with Gasteiger partial charge in [0.25, 0.3) is 0 Å². The van der Waals surface area contributed by atoms with Crippen molar-refractivity contribution in [2.75, 3.05) is 11.9 Å². The van der Waals surface area contributed by atoms with Gasteiger partial charge >= 0.3 is 0 Å². The SMILES string of the molecule is O=C(Nc1ccccc1Cl)[C@H]1COc2ccc(Cl)cc2C1. The molecule has 2 aromatic carbocycles. The maximum absolute atomic E-state index is 12.3. The van der Waals surface area contributed by atoms with Crippen molar-refractivity contribution in [3.8, 4) is 5.75 Å². The monoisotopic (exact) mass is 321 g/mol. The Bertz CT molecular complexity index is 688. The zero-order valence-corrected chi connectivity index (χ0v) is 12.6. The molecule has 5 heteroatoms. The van der Waals surface area contributed by atoms with Crippen LogP contribution in [-0.2, 0) is 11.2 Å². The number of hydrogen-bond acceptors (Lipinski definition) is 2. The summed E-state index contributed by atoms with van der Waals surface area (Å²) in [6, 6.07) is 12.6. The van der Waals surface area contributed by atoms with E-state index in [1.54, 1.807) is 18.2 Å². The van der Waals surface area contributed by atoms with E-state index in [9.17, 15) is 4.79 Å². The summed E-state index contributed by atoms with van der Waals surface area (Å²) >= 11 is 12.0. The molecule has 0 spiro atoms. The molecule has 1 heterocycles. The normalized spacial score (nSPS) is 16.8. The summed E-state index contributed by atoms with van der Waals surface area (Å²) in [5.74, 6) is 0.433. The minimum atomic E-state index is -0.257. The standard InChI is InChI=1S/C16H13Cl2NO2/c17-12-5-6-15-10(8-12)7-11(9-21-15)16(20)19-14-4-2-1-3-13(14)18/h1-6,8,11H,7,9H2,(H,19,20)/t11-/m1/s1. The van der Waals surface area contributed by atoms with Crippen LogP contribution in [-0.4, -0.2) is 12.5 Å². The zero-order chi connectivity index (χ0) is 14.8. The molecule has 2 aromatic rings. The van der Waals surface area contributed by atoms with E-state index < -0.39 is 0 Å². The third-order valence-electron chi connectivity index (χ3n) is 3.43. The maximum atomic E-state index is 12.3. The number of para-hydroxylation sites is 1. The first kappa shape index (κ1) is 14.2. The Morgan fingerprint density at radius 3 is 2.81 bits per heavy atom. The van der Waals surface area contributed by atoms with E-state index in [0.29, 0.717) is 28.8 Å². The summed E-state index contributed by atoms with van der Waals surface area (Å²) in [5.41, 5.74) is 1.56. The molecular formula is C16H13Cl2NO2. The van der Waals surface area contributed by atoms with E-state index in [2.05, 4.69) is 5.32 Å². The van der Waals surface area contributed by atoms with Gasteiger partial charge in [-0.15, -0.1) is 0 Å². The second kappa shape index (κ2) is 5.96. The second-order valence-electron chi connectivity index (χ2n) is 4.93. The lowest BCUT2D eigenvalue weighted by atomic mass is 9.96. The second-order valence-corrected chi connectivity index (χ2v) is 5.78. The minimum absolute atomic E-state index is 0.103. The summed E-state index contributed by atoms with van der Waals surface area (Å²) in [7, 11) is 0. The quantitative estimate of drug-likeness (QED) is 0.900. The lowest BCUT2D eigenvalue weighted by Gasteiger charge is -2.24. The molecular weight excluding hydrogens is 309 g/mol. The van der Waals surface area contributed by atoms with Crippen LogP contribution in [0.3, 0.4) is 0 Å². The van der Waals surface area contributed by atoms with Crippen molar-refractivity contribution < 1.29 is 9.53 Å². The Morgan fingerprint density at radius 2 is 2.00 bits per heavy atom. The number of amides is 1. The van der Waals surface area contributed by atoms with Crippen LogP contribution >= 0.6 is 23.2 Å². The summed E-state index contributed by atoms with van der Waals surface area (Å²) in [6.07, 6.45) is 0.603. The van der Waals surface area contributed by atoms with Gasteiger partial charge in [-0.05, 0) is 42.3 Å². The van der Waals surface area contributed by atoms with E-state index in [-0.39, 0.29) is 11.8 Å². The molecule has 0 aliphatic carbocycles. The van der Waals surface area contributed by atoms with Crippen molar-refractivity contribution in [2.24, 2.45) is 5.92 Å². The van der Waals surface area contributed by atoms with Crippen LogP contribution in [0.4, 0.5) is 5.69 Å². The average Bonchev–Trinajstić information content (AvgIpc) is 2.48. The van der Waals surface area contributed by atoms with E-state index in [1.165, 1.54) is 0 Å². The zero-order valence-electron chi connectivity index (χ0n) is 11.1. The Balaban J connectivity index is 1.74. The number of hydrogen-bond donors (Lipinski definition) is 1. The molecule has 1 aliphatic heterocycles. The van der Waals surface area contributed by atoms with Gasteiger partial charge in [0.1, 0.15) is 12.4 Å². The van der Waals surface area contributed by atoms with Crippen LogP contribution < -0.4 is 10.1 Å². The fraction of sp³-hybridized carbons (Fsp3) is 0.188. The molecule has 1 atom stereocenters. The molecule has 3 nitrogen and oxygen atoms in total. The van der Waals surface area contributed by atoms with Gasteiger partial charge in [-0.3, -0.25) is 4.79 Å². The van der Waals surface area contributed by atoms with E-state index in [1.807, 2.05) is 24.3 Å². The van der Waals surface area contributed by atoms with Crippen LogP contribution in [0.2, 0.25) is 10.0 Å². The van der Waals surface area contributed by atoms with Gasteiger partial charge in [0.2, 0.25) is 5.91 Å². The van der Waals surface area contributed by atoms with Gasteiger partial charge in [-0.2, -0.15) is 0 Å². The van der Waals surface area contributed by atoms with E-state index in [0.717, 1.165) is 11.3 Å². The average molecular weight is 322 g/mol. The number of halogens is 2. The van der Waals surface area contributed by atoms with Crippen molar-refractivity contribution >= 4 is 34.8 Å². The predicted molar refractivity (Wildman–Crippen MR) is 84.2 cm³/mol. The minimum Gasteiger partial charge on any atom is -0.492 e. The Labute approximate surface area is 132 Å². The topological polar surface area (TPSA) is 38.3 Å². The number of rotatable bonds is 2. The molecule has 1 aliphatic rings. The number of carbonyl (C=O) groups is 1. The van der Waals surface area contributed by atoms with Gasteiger partial charge in [0.05, 0.1) is 16.6 Å². The molecule has 0 unspecified atom stereocenters. The van der Waals surface area contributed by atoms with Crippen LogP contribution in [0, 0.1) is 5.92 Å². The van der Waals surface area contributed by atoms with Crippen molar-refractivity contribution in [3.63, 3.8) is 0 Å². The van der Waals surface area contributed by atoms with Crippen LogP contribution in [0.1, 0.15) is 5.56 Å². The van der Waals surface area contributed by atoms with Gasteiger partial charge in [-0.25, -0.2) is 0 Å². The van der Waals surface area contributed by atoms with Crippen molar-refractivity contribution in [2.45, 2.75) is 6.42 Å². The number of fused-ring (bicyclic) bond motifs is 1. The summed E-state index contributed by atoms with van der Waals surface area (Å²) in [5, 5.41) is 4.00. The third-order valence-corrected chi connectivity index (χ3v) is 4.00. The first-order valence-electron chi connectivity index (χ1n) is 6.60. The lowest BCUT2D eigenvalue weighted by Crippen LogP contribution is -2.32. The molecule has 0 bridgehead atoms. The molecule has 3 rings (SSSR count). The largest absolute Gasteiger partial charge is 0.492 e. The molecule has 0 saturated carbocycles. The third kappa shape index (κ3) is 3.14. The highest BCUT2D eigenvalue weighted by Gasteiger charge is 2.26. The highest BCUT2D eigenvalue weighted by molar-refractivity contribution is 6.33. The van der Waals surface area contributed by atoms with Gasteiger partial charge in [0, 0.05) is 5.02 Å². The van der Waals surface area contributed by atoms with Gasteiger partial charge in [-0.1, -0.05) is 35.3 Å². The summed E-state index contributed by atoms with van der Waals surface area (Å²) in [4.78, 5) is 12.3. The number of anilines is 1. The highest BCUT2D eigenvalue weighted by atomic mass is 35.5. The molecule has 108 valence electrons. The van der Waals surface area contributed by atoms with Crippen molar-refractivity contribution in [1.82, 2.24) is 0 Å². The van der Waals surface area contributed by atoms with Gasteiger partial charge < -0.3 is 10.1 Å². The van der Waals surface area contributed by atoms with E-state index in [4.69, 9.17) is 27.9 Å². The Kier molecular flexibility index (Phi) is 4.04. The Hall–Kier alpha value is -1.71.